The van der Waals surface area contributed by atoms with Crippen LogP contribution in [0.1, 0.15) is 30.2 Å². The molecule has 0 aromatic carbocycles. The lowest BCUT2D eigenvalue weighted by Crippen LogP contribution is -2.32. The second kappa shape index (κ2) is 5.10. The van der Waals surface area contributed by atoms with E-state index in [0.717, 1.165) is 34.7 Å². The lowest BCUT2D eigenvalue weighted by molar-refractivity contribution is 0.0630. The summed E-state index contributed by atoms with van der Waals surface area (Å²) in [6.07, 6.45) is 3.29. The summed E-state index contributed by atoms with van der Waals surface area (Å²) in [5.41, 5.74) is 2.44. The Morgan fingerprint density at radius 3 is 2.83 bits per heavy atom. The van der Waals surface area contributed by atoms with Crippen molar-refractivity contribution in [3.8, 4) is 5.75 Å². The van der Waals surface area contributed by atoms with Crippen molar-refractivity contribution in [2.45, 2.75) is 44.5 Å². The second-order valence-electron chi connectivity index (χ2n) is 5.27. The third-order valence-electron chi connectivity index (χ3n) is 3.55. The number of pyridine rings is 1. The Balaban J connectivity index is 2.25. The van der Waals surface area contributed by atoms with E-state index in [9.17, 15) is 5.11 Å². The first-order valence-corrected chi connectivity index (χ1v) is 7.33. The van der Waals surface area contributed by atoms with Crippen molar-refractivity contribution >= 4 is 11.8 Å². The van der Waals surface area contributed by atoms with Gasteiger partial charge in [-0.25, -0.2) is 0 Å². The van der Waals surface area contributed by atoms with Crippen molar-refractivity contribution in [2.24, 2.45) is 0 Å². The van der Waals surface area contributed by atoms with E-state index in [1.165, 1.54) is 0 Å². The topological polar surface area (TPSA) is 42.4 Å². The smallest absolute Gasteiger partial charge is 0.128 e. The molecule has 1 fully saturated rings. The molecule has 0 radical (unpaired) electrons. The molecule has 4 heteroatoms. The van der Waals surface area contributed by atoms with Crippen LogP contribution in [0.5, 0.6) is 5.75 Å². The SMILES string of the molecule is COc1c(C)cnc(CC2(O)CSC(C)C2)c1C. The third kappa shape index (κ3) is 2.64. The summed E-state index contributed by atoms with van der Waals surface area (Å²) < 4.78 is 5.41. The number of rotatable bonds is 3. The molecule has 0 spiro atoms. The predicted molar refractivity (Wildman–Crippen MR) is 75.5 cm³/mol. The summed E-state index contributed by atoms with van der Waals surface area (Å²) in [6, 6.07) is 0. The molecule has 3 nitrogen and oxygen atoms in total. The van der Waals surface area contributed by atoms with Gasteiger partial charge in [-0.15, -0.1) is 0 Å². The normalized spacial score (nSPS) is 27.5. The quantitative estimate of drug-likeness (QED) is 0.913. The highest BCUT2D eigenvalue weighted by atomic mass is 32.2. The lowest BCUT2D eigenvalue weighted by Gasteiger charge is -2.23. The molecule has 1 saturated heterocycles. The molecule has 1 aliphatic heterocycles. The number of hydrogen-bond acceptors (Lipinski definition) is 4. The Kier molecular flexibility index (Phi) is 3.87. The number of aromatic nitrogens is 1. The molecule has 0 bridgehead atoms. The number of methoxy groups -OCH3 is 1. The highest BCUT2D eigenvalue weighted by Crippen LogP contribution is 2.37. The van der Waals surface area contributed by atoms with E-state index >= 15 is 0 Å². The van der Waals surface area contributed by atoms with Crippen molar-refractivity contribution in [2.75, 3.05) is 12.9 Å². The van der Waals surface area contributed by atoms with Crippen LogP contribution in [0.2, 0.25) is 0 Å². The summed E-state index contributed by atoms with van der Waals surface area (Å²) in [7, 11) is 1.68. The minimum atomic E-state index is -0.609. The molecule has 2 heterocycles. The Morgan fingerprint density at radius 2 is 2.28 bits per heavy atom. The maximum absolute atomic E-state index is 10.6. The van der Waals surface area contributed by atoms with E-state index in [0.29, 0.717) is 11.7 Å². The van der Waals surface area contributed by atoms with Crippen LogP contribution in [0, 0.1) is 13.8 Å². The zero-order valence-corrected chi connectivity index (χ0v) is 12.3. The van der Waals surface area contributed by atoms with Gasteiger partial charge in [0.25, 0.3) is 0 Å². The van der Waals surface area contributed by atoms with E-state index in [1.807, 2.05) is 31.8 Å². The fraction of sp³-hybridized carbons (Fsp3) is 0.643. The molecule has 0 amide bonds. The predicted octanol–water partition coefficient (Wildman–Crippen LogP) is 2.51. The number of thioether (sulfide) groups is 1. The van der Waals surface area contributed by atoms with E-state index in [-0.39, 0.29) is 0 Å². The van der Waals surface area contributed by atoms with Gasteiger partial charge in [-0.3, -0.25) is 4.98 Å². The van der Waals surface area contributed by atoms with Crippen LogP contribution in [0.4, 0.5) is 0 Å². The van der Waals surface area contributed by atoms with Crippen molar-refractivity contribution in [1.29, 1.82) is 0 Å². The molecule has 1 aromatic rings. The largest absolute Gasteiger partial charge is 0.496 e. The van der Waals surface area contributed by atoms with Crippen LogP contribution in [-0.4, -0.2) is 33.8 Å². The van der Waals surface area contributed by atoms with E-state index in [1.54, 1.807) is 7.11 Å². The molecule has 18 heavy (non-hydrogen) atoms. The van der Waals surface area contributed by atoms with Crippen molar-refractivity contribution in [1.82, 2.24) is 4.98 Å². The fourth-order valence-electron chi connectivity index (χ4n) is 2.63. The van der Waals surface area contributed by atoms with Crippen molar-refractivity contribution < 1.29 is 9.84 Å². The molecular formula is C14H21NO2S. The van der Waals surface area contributed by atoms with Crippen LogP contribution >= 0.6 is 11.8 Å². The van der Waals surface area contributed by atoms with Crippen molar-refractivity contribution in [3.05, 3.63) is 23.0 Å². The van der Waals surface area contributed by atoms with Gasteiger partial charge < -0.3 is 9.84 Å². The van der Waals surface area contributed by atoms with Gasteiger partial charge in [-0.05, 0) is 20.3 Å². The lowest BCUT2D eigenvalue weighted by atomic mass is 9.92. The minimum Gasteiger partial charge on any atom is -0.496 e. The maximum Gasteiger partial charge on any atom is 0.128 e. The molecule has 1 aromatic heterocycles. The minimum absolute atomic E-state index is 0.530. The summed E-state index contributed by atoms with van der Waals surface area (Å²) in [5.74, 6) is 1.69. The Bertz CT molecular complexity index is 450. The molecule has 0 aliphatic carbocycles. The van der Waals surface area contributed by atoms with Gasteiger partial charge in [0, 0.05) is 40.4 Å². The highest BCUT2D eigenvalue weighted by Gasteiger charge is 2.37. The zero-order chi connectivity index (χ0) is 13.3. The summed E-state index contributed by atoms with van der Waals surface area (Å²) in [4.78, 5) is 4.47. The van der Waals surface area contributed by atoms with Crippen LogP contribution in [0.25, 0.3) is 0 Å². The summed E-state index contributed by atoms with van der Waals surface area (Å²) >= 11 is 1.83. The van der Waals surface area contributed by atoms with Gasteiger partial charge in [0.1, 0.15) is 5.75 Å². The van der Waals surface area contributed by atoms with Crippen molar-refractivity contribution in [3.63, 3.8) is 0 Å². The monoisotopic (exact) mass is 267 g/mol. The van der Waals surface area contributed by atoms with Gasteiger partial charge in [-0.1, -0.05) is 6.92 Å². The van der Waals surface area contributed by atoms with Gasteiger partial charge in [0.15, 0.2) is 0 Å². The number of ether oxygens (including phenoxy) is 1. The van der Waals surface area contributed by atoms with Gasteiger partial charge in [0.05, 0.1) is 12.7 Å². The Morgan fingerprint density at radius 1 is 1.56 bits per heavy atom. The first-order chi connectivity index (χ1) is 8.45. The first kappa shape index (κ1) is 13.7. The maximum atomic E-state index is 10.6. The molecule has 2 atom stereocenters. The highest BCUT2D eigenvalue weighted by molar-refractivity contribution is 8.00. The van der Waals surface area contributed by atoms with Crippen LogP contribution in [-0.2, 0) is 6.42 Å². The average molecular weight is 267 g/mol. The van der Waals surface area contributed by atoms with Gasteiger partial charge >= 0.3 is 0 Å². The van der Waals surface area contributed by atoms with E-state index < -0.39 is 5.60 Å². The molecule has 1 N–H and O–H groups in total. The van der Waals surface area contributed by atoms with Gasteiger partial charge in [0.2, 0.25) is 0 Å². The molecule has 1 aliphatic rings. The number of aliphatic hydroxyl groups is 1. The van der Waals surface area contributed by atoms with E-state index in [2.05, 4.69) is 11.9 Å². The van der Waals surface area contributed by atoms with Crippen LogP contribution in [0.3, 0.4) is 0 Å². The van der Waals surface area contributed by atoms with Crippen LogP contribution in [0.15, 0.2) is 6.20 Å². The number of hydrogen-bond donors (Lipinski definition) is 1. The second-order valence-corrected chi connectivity index (χ2v) is 6.70. The Labute approximate surface area is 113 Å². The first-order valence-electron chi connectivity index (χ1n) is 6.28. The Hall–Kier alpha value is -0.740. The number of nitrogens with zero attached hydrogens (tertiary/aromatic N) is 1. The zero-order valence-electron chi connectivity index (χ0n) is 11.5. The standard InChI is InChI=1S/C14H21NO2S/c1-9-7-15-12(11(3)13(9)17-4)6-14(16)5-10(2)18-8-14/h7,10,16H,5-6,8H2,1-4H3. The fourth-order valence-corrected chi connectivity index (χ4v) is 3.88. The molecule has 2 unspecified atom stereocenters. The molecule has 100 valence electrons. The molecule has 0 saturated carbocycles. The third-order valence-corrected chi connectivity index (χ3v) is 4.99. The summed E-state index contributed by atoms with van der Waals surface area (Å²) in [6.45, 7) is 6.17. The summed E-state index contributed by atoms with van der Waals surface area (Å²) in [5, 5.41) is 11.1. The van der Waals surface area contributed by atoms with Gasteiger partial charge in [-0.2, -0.15) is 11.8 Å². The number of aryl methyl sites for hydroxylation is 1. The van der Waals surface area contributed by atoms with E-state index in [4.69, 9.17) is 4.74 Å². The average Bonchev–Trinajstić information content (AvgIpc) is 2.64. The molecular weight excluding hydrogens is 246 g/mol. The van der Waals surface area contributed by atoms with Crippen LogP contribution < -0.4 is 4.74 Å². The molecule has 2 rings (SSSR count).